The molecular formula is C10H16O2. The number of carbonyl (C=O) groups excluding carboxylic acids is 1. The molecule has 0 saturated heterocycles. The molecule has 0 aromatic rings. The predicted molar refractivity (Wildman–Crippen MR) is 47.7 cm³/mol. The summed E-state index contributed by atoms with van der Waals surface area (Å²) in [5.74, 6) is 0.995. The first-order chi connectivity index (χ1) is 5.83. The second-order valence-corrected chi connectivity index (χ2v) is 3.34. The Bertz CT molecular complexity index is 173. The van der Waals surface area contributed by atoms with Crippen LogP contribution in [0.5, 0.6) is 0 Å². The molecule has 0 aromatic carbocycles. The summed E-state index contributed by atoms with van der Waals surface area (Å²) in [7, 11) is 1.64. The molecule has 1 fully saturated rings. The highest BCUT2D eigenvalue weighted by atomic mass is 16.5. The quantitative estimate of drug-likeness (QED) is 0.604. The number of Topliss-reactive ketones (excluding diaryl/α,β-unsaturated/α-hetero) is 1. The molecule has 1 unspecified atom stereocenters. The van der Waals surface area contributed by atoms with Crippen LogP contribution in [0.1, 0.15) is 32.1 Å². The third-order valence-corrected chi connectivity index (χ3v) is 2.29. The molecule has 0 bridgehead atoms. The number of methoxy groups -OCH3 is 1. The first-order valence-electron chi connectivity index (χ1n) is 4.52. The average Bonchev–Trinajstić information content (AvgIpc) is 2.05. The van der Waals surface area contributed by atoms with Gasteiger partial charge in [0.05, 0.1) is 13.4 Å². The SMILES string of the molecule is CO/C=C/CC1CCCC(=O)C1. The second kappa shape index (κ2) is 4.96. The Morgan fingerprint density at radius 2 is 2.50 bits per heavy atom. The summed E-state index contributed by atoms with van der Waals surface area (Å²) in [6.45, 7) is 0. The van der Waals surface area contributed by atoms with Gasteiger partial charge in [-0.05, 0) is 31.3 Å². The number of ether oxygens (including phenoxy) is 1. The van der Waals surface area contributed by atoms with Gasteiger partial charge in [-0.2, -0.15) is 0 Å². The molecule has 0 spiro atoms. The molecule has 1 atom stereocenters. The van der Waals surface area contributed by atoms with E-state index in [4.69, 9.17) is 4.74 Å². The van der Waals surface area contributed by atoms with Crippen molar-refractivity contribution in [2.75, 3.05) is 7.11 Å². The third-order valence-electron chi connectivity index (χ3n) is 2.29. The van der Waals surface area contributed by atoms with E-state index >= 15 is 0 Å². The lowest BCUT2D eigenvalue weighted by Crippen LogP contribution is -2.14. The normalized spacial score (nSPS) is 24.8. The lowest BCUT2D eigenvalue weighted by Gasteiger charge is -2.18. The Morgan fingerprint density at radius 1 is 1.67 bits per heavy atom. The van der Waals surface area contributed by atoms with Crippen molar-refractivity contribution < 1.29 is 9.53 Å². The second-order valence-electron chi connectivity index (χ2n) is 3.34. The van der Waals surface area contributed by atoms with Crippen molar-refractivity contribution in [1.29, 1.82) is 0 Å². The zero-order valence-electron chi connectivity index (χ0n) is 7.58. The number of hydrogen-bond donors (Lipinski definition) is 0. The standard InChI is InChI=1S/C10H16O2/c1-12-7-3-5-9-4-2-6-10(11)8-9/h3,7,9H,2,4-6,8H2,1H3/b7-3+. The molecule has 0 aliphatic heterocycles. The summed E-state index contributed by atoms with van der Waals surface area (Å²) >= 11 is 0. The van der Waals surface area contributed by atoms with Gasteiger partial charge >= 0.3 is 0 Å². The fourth-order valence-corrected chi connectivity index (χ4v) is 1.66. The molecule has 0 aromatic heterocycles. The van der Waals surface area contributed by atoms with E-state index < -0.39 is 0 Å². The van der Waals surface area contributed by atoms with Crippen molar-refractivity contribution in [3.05, 3.63) is 12.3 Å². The third kappa shape index (κ3) is 3.07. The summed E-state index contributed by atoms with van der Waals surface area (Å²) < 4.78 is 4.79. The molecule has 0 amide bonds. The summed E-state index contributed by atoms with van der Waals surface area (Å²) in [6, 6.07) is 0. The van der Waals surface area contributed by atoms with Gasteiger partial charge in [-0.15, -0.1) is 0 Å². The molecule has 1 aliphatic carbocycles. The van der Waals surface area contributed by atoms with Crippen LogP contribution >= 0.6 is 0 Å². The summed E-state index contributed by atoms with van der Waals surface area (Å²) in [5, 5.41) is 0. The van der Waals surface area contributed by atoms with E-state index in [-0.39, 0.29) is 0 Å². The molecule has 1 saturated carbocycles. The minimum absolute atomic E-state index is 0.428. The van der Waals surface area contributed by atoms with Gasteiger partial charge in [0, 0.05) is 12.8 Å². The molecule has 2 heteroatoms. The van der Waals surface area contributed by atoms with Crippen molar-refractivity contribution in [3.8, 4) is 0 Å². The van der Waals surface area contributed by atoms with Crippen LogP contribution in [0, 0.1) is 5.92 Å². The van der Waals surface area contributed by atoms with Crippen molar-refractivity contribution in [2.45, 2.75) is 32.1 Å². The van der Waals surface area contributed by atoms with Crippen LogP contribution in [0.3, 0.4) is 0 Å². The molecule has 1 rings (SSSR count). The number of allylic oxidation sites excluding steroid dienone is 1. The maximum absolute atomic E-state index is 11.1. The fraction of sp³-hybridized carbons (Fsp3) is 0.700. The molecule has 2 nitrogen and oxygen atoms in total. The van der Waals surface area contributed by atoms with Crippen molar-refractivity contribution in [3.63, 3.8) is 0 Å². The lowest BCUT2D eigenvalue weighted by atomic mass is 9.86. The predicted octanol–water partition coefficient (Wildman–Crippen LogP) is 2.30. The zero-order valence-corrected chi connectivity index (χ0v) is 7.58. The number of rotatable bonds is 3. The van der Waals surface area contributed by atoms with Gasteiger partial charge in [-0.25, -0.2) is 0 Å². The van der Waals surface area contributed by atoms with Crippen LogP contribution in [-0.2, 0) is 9.53 Å². The molecular weight excluding hydrogens is 152 g/mol. The first-order valence-corrected chi connectivity index (χ1v) is 4.52. The number of ketones is 1. The zero-order chi connectivity index (χ0) is 8.81. The summed E-state index contributed by atoms with van der Waals surface area (Å²) in [4.78, 5) is 11.1. The molecule has 12 heavy (non-hydrogen) atoms. The first kappa shape index (κ1) is 9.30. The van der Waals surface area contributed by atoms with Crippen molar-refractivity contribution in [1.82, 2.24) is 0 Å². The van der Waals surface area contributed by atoms with E-state index in [1.54, 1.807) is 13.4 Å². The van der Waals surface area contributed by atoms with E-state index in [0.29, 0.717) is 11.7 Å². The van der Waals surface area contributed by atoms with Crippen LogP contribution in [0.4, 0.5) is 0 Å². The van der Waals surface area contributed by atoms with E-state index in [1.807, 2.05) is 6.08 Å². The lowest BCUT2D eigenvalue weighted by molar-refractivity contribution is -0.121. The van der Waals surface area contributed by atoms with Gasteiger partial charge in [0.25, 0.3) is 0 Å². The Hall–Kier alpha value is -0.790. The fourth-order valence-electron chi connectivity index (χ4n) is 1.66. The van der Waals surface area contributed by atoms with Gasteiger partial charge in [0.1, 0.15) is 5.78 Å². The van der Waals surface area contributed by atoms with Gasteiger partial charge < -0.3 is 4.74 Å². The minimum atomic E-state index is 0.428. The van der Waals surface area contributed by atoms with E-state index in [9.17, 15) is 4.79 Å². The average molecular weight is 168 g/mol. The smallest absolute Gasteiger partial charge is 0.133 e. The Labute approximate surface area is 73.6 Å². The van der Waals surface area contributed by atoms with Crippen LogP contribution < -0.4 is 0 Å². The molecule has 0 radical (unpaired) electrons. The Morgan fingerprint density at radius 3 is 3.17 bits per heavy atom. The molecule has 0 heterocycles. The van der Waals surface area contributed by atoms with Gasteiger partial charge in [-0.1, -0.05) is 0 Å². The van der Waals surface area contributed by atoms with Crippen LogP contribution in [0.15, 0.2) is 12.3 Å². The number of hydrogen-bond acceptors (Lipinski definition) is 2. The highest BCUT2D eigenvalue weighted by Crippen LogP contribution is 2.24. The van der Waals surface area contributed by atoms with E-state index in [0.717, 1.165) is 25.7 Å². The maximum Gasteiger partial charge on any atom is 0.133 e. The van der Waals surface area contributed by atoms with Gasteiger partial charge in [0.15, 0.2) is 0 Å². The topological polar surface area (TPSA) is 26.3 Å². The van der Waals surface area contributed by atoms with E-state index in [1.165, 1.54) is 6.42 Å². The Balaban J connectivity index is 2.22. The van der Waals surface area contributed by atoms with Crippen molar-refractivity contribution in [2.24, 2.45) is 5.92 Å². The van der Waals surface area contributed by atoms with Crippen LogP contribution in [-0.4, -0.2) is 12.9 Å². The van der Waals surface area contributed by atoms with Crippen molar-refractivity contribution >= 4 is 5.78 Å². The monoisotopic (exact) mass is 168 g/mol. The number of carbonyl (C=O) groups is 1. The summed E-state index contributed by atoms with van der Waals surface area (Å²) in [6.07, 6.45) is 8.52. The Kier molecular flexibility index (Phi) is 3.85. The van der Waals surface area contributed by atoms with Crippen LogP contribution in [0.25, 0.3) is 0 Å². The molecule has 0 N–H and O–H groups in total. The maximum atomic E-state index is 11.1. The summed E-state index contributed by atoms with van der Waals surface area (Å²) in [5.41, 5.74) is 0. The largest absolute Gasteiger partial charge is 0.505 e. The highest BCUT2D eigenvalue weighted by molar-refractivity contribution is 5.79. The molecule has 1 aliphatic rings. The molecule has 68 valence electrons. The minimum Gasteiger partial charge on any atom is -0.505 e. The van der Waals surface area contributed by atoms with Crippen LogP contribution in [0.2, 0.25) is 0 Å². The van der Waals surface area contributed by atoms with Gasteiger partial charge in [0.2, 0.25) is 0 Å². The van der Waals surface area contributed by atoms with E-state index in [2.05, 4.69) is 0 Å². The van der Waals surface area contributed by atoms with Gasteiger partial charge in [-0.3, -0.25) is 4.79 Å². The highest BCUT2D eigenvalue weighted by Gasteiger charge is 2.17.